The van der Waals surface area contributed by atoms with Gasteiger partial charge in [0.05, 0.1) is 19.8 Å². The molecule has 25 heavy (non-hydrogen) atoms. The quantitative estimate of drug-likeness (QED) is 0.483. The number of ether oxygens (including phenoxy) is 2. The number of furan rings is 1. The predicted octanol–water partition coefficient (Wildman–Crippen LogP) is 5.55. The van der Waals surface area contributed by atoms with E-state index in [1.54, 1.807) is 25.6 Å². The van der Waals surface area contributed by atoms with Gasteiger partial charge in [-0.05, 0) is 25.1 Å². The Balaban J connectivity index is 1.82. The number of hydrogen-bond donors (Lipinski definition) is 0. The first kappa shape index (κ1) is 15.7. The van der Waals surface area contributed by atoms with Gasteiger partial charge in [0.15, 0.2) is 17.3 Å². The van der Waals surface area contributed by atoms with Gasteiger partial charge in [0.1, 0.15) is 16.3 Å². The molecule has 0 aliphatic heterocycles. The standard InChI is InChI=1S/C20H17NO3S/c1-12-13-7-4-5-9-16(13)24-18(12)15-11-25-20(21-15)14-8-6-10-17(22-2)19(14)23-3/h4-11H,1-3H3. The average molecular weight is 351 g/mol. The van der Waals surface area contributed by atoms with Gasteiger partial charge in [-0.3, -0.25) is 0 Å². The molecule has 0 bridgehead atoms. The number of fused-ring (bicyclic) bond motifs is 1. The molecule has 0 spiro atoms. The molecule has 0 unspecified atom stereocenters. The van der Waals surface area contributed by atoms with Crippen molar-refractivity contribution in [2.45, 2.75) is 6.92 Å². The number of benzene rings is 2. The van der Waals surface area contributed by atoms with Crippen molar-refractivity contribution in [3.63, 3.8) is 0 Å². The third-order valence-corrected chi connectivity index (χ3v) is 5.09. The molecular formula is C20H17NO3S. The van der Waals surface area contributed by atoms with E-state index in [0.717, 1.165) is 38.6 Å². The largest absolute Gasteiger partial charge is 0.493 e. The minimum atomic E-state index is 0.687. The van der Waals surface area contributed by atoms with E-state index in [0.29, 0.717) is 11.5 Å². The van der Waals surface area contributed by atoms with Crippen molar-refractivity contribution in [3.8, 4) is 33.5 Å². The highest BCUT2D eigenvalue weighted by molar-refractivity contribution is 7.13. The molecule has 4 nitrogen and oxygen atoms in total. The van der Waals surface area contributed by atoms with Gasteiger partial charge in [0.2, 0.25) is 0 Å². The number of aryl methyl sites for hydroxylation is 1. The summed E-state index contributed by atoms with van der Waals surface area (Å²) in [5.41, 5.74) is 3.72. The minimum absolute atomic E-state index is 0.687. The Hall–Kier alpha value is -2.79. The highest BCUT2D eigenvalue weighted by Gasteiger charge is 2.18. The maximum Gasteiger partial charge on any atom is 0.170 e. The van der Waals surface area contributed by atoms with E-state index in [2.05, 4.69) is 13.0 Å². The summed E-state index contributed by atoms with van der Waals surface area (Å²) in [6.45, 7) is 2.06. The maximum atomic E-state index is 6.02. The zero-order valence-electron chi connectivity index (χ0n) is 14.2. The second-order valence-corrected chi connectivity index (χ2v) is 6.49. The van der Waals surface area contributed by atoms with Gasteiger partial charge in [-0.15, -0.1) is 11.3 Å². The predicted molar refractivity (Wildman–Crippen MR) is 101 cm³/mol. The highest BCUT2D eigenvalue weighted by atomic mass is 32.1. The van der Waals surface area contributed by atoms with Crippen LogP contribution in [0.15, 0.2) is 52.3 Å². The van der Waals surface area contributed by atoms with E-state index >= 15 is 0 Å². The lowest BCUT2D eigenvalue weighted by Gasteiger charge is -2.10. The fourth-order valence-electron chi connectivity index (χ4n) is 2.98. The van der Waals surface area contributed by atoms with Crippen molar-refractivity contribution in [1.82, 2.24) is 4.98 Å². The number of thiazole rings is 1. The zero-order chi connectivity index (χ0) is 17.4. The maximum absolute atomic E-state index is 6.02. The van der Waals surface area contributed by atoms with Crippen LogP contribution in [0.25, 0.3) is 33.0 Å². The third-order valence-electron chi connectivity index (χ3n) is 4.21. The molecule has 0 saturated carbocycles. The van der Waals surface area contributed by atoms with Gasteiger partial charge in [-0.2, -0.15) is 0 Å². The number of rotatable bonds is 4. The second kappa shape index (κ2) is 6.26. The van der Waals surface area contributed by atoms with Gasteiger partial charge in [-0.25, -0.2) is 4.98 Å². The minimum Gasteiger partial charge on any atom is -0.493 e. The van der Waals surface area contributed by atoms with Crippen LogP contribution < -0.4 is 9.47 Å². The summed E-state index contributed by atoms with van der Waals surface area (Å²) in [5.74, 6) is 2.19. The average Bonchev–Trinajstić information content (AvgIpc) is 3.26. The van der Waals surface area contributed by atoms with Crippen molar-refractivity contribution in [1.29, 1.82) is 0 Å². The number of aromatic nitrogens is 1. The lowest BCUT2D eigenvalue weighted by molar-refractivity contribution is 0.356. The Morgan fingerprint density at radius 1 is 1.00 bits per heavy atom. The molecule has 0 aliphatic rings. The van der Waals surface area contributed by atoms with Crippen molar-refractivity contribution < 1.29 is 13.9 Å². The topological polar surface area (TPSA) is 44.5 Å². The normalized spacial score (nSPS) is 11.0. The summed E-state index contributed by atoms with van der Waals surface area (Å²) in [7, 11) is 3.27. The number of nitrogens with zero attached hydrogens (tertiary/aromatic N) is 1. The van der Waals surface area contributed by atoms with Crippen molar-refractivity contribution >= 4 is 22.3 Å². The van der Waals surface area contributed by atoms with Crippen LogP contribution in [0, 0.1) is 6.92 Å². The monoisotopic (exact) mass is 351 g/mol. The molecule has 0 fully saturated rings. The number of methoxy groups -OCH3 is 2. The summed E-state index contributed by atoms with van der Waals surface area (Å²) >= 11 is 1.56. The van der Waals surface area contributed by atoms with Crippen LogP contribution in [-0.4, -0.2) is 19.2 Å². The molecule has 5 heteroatoms. The van der Waals surface area contributed by atoms with E-state index in [4.69, 9.17) is 18.9 Å². The molecule has 0 N–H and O–H groups in total. The van der Waals surface area contributed by atoms with Gasteiger partial charge in [0.25, 0.3) is 0 Å². The molecule has 4 rings (SSSR count). The molecule has 2 aromatic carbocycles. The molecule has 0 amide bonds. The lowest BCUT2D eigenvalue weighted by Crippen LogP contribution is -1.92. The van der Waals surface area contributed by atoms with Crippen LogP contribution in [0.1, 0.15) is 5.56 Å². The summed E-state index contributed by atoms with van der Waals surface area (Å²) in [6.07, 6.45) is 0. The van der Waals surface area contributed by atoms with Gasteiger partial charge in [-0.1, -0.05) is 24.3 Å². The van der Waals surface area contributed by atoms with E-state index in [1.807, 2.05) is 41.8 Å². The Morgan fingerprint density at radius 2 is 1.84 bits per heavy atom. The van der Waals surface area contributed by atoms with Crippen LogP contribution in [0.5, 0.6) is 11.5 Å². The SMILES string of the molecule is COc1cccc(-c2nc(-c3oc4ccccc4c3C)cs2)c1OC. The molecule has 0 aliphatic carbocycles. The number of para-hydroxylation sites is 2. The molecule has 0 atom stereocenters. The second-order valence-electron chi connectivity index (χ2n) is 5.63. The van der Waals surface area contributed by atoms with Crippen molar-refractivity contribution in [2.24, 2.45) is 0 Å². The smallest absolute Gasteiger partial charge is 0.170 e. The first-order valence-corrected chi connectivity index (χ1v) is 8.76. The Morgan fingerprint density at radius 3 is 2.60 bits per heavy atom. The molecule has 2 heterocycles. The van der Waals surface area contributed by atoms with Crippen LogP contribution in [0.4, 0.5) is 0 Å². The van der Waals surface area contributed by atoms with Crippen LogP contribution in [0.3, 0.4) is 0 Å². The Bertz CT molecular complexity index is 1050. The van der Waals surface area contributed by atoms with Crippen molar-refractivity contribution in [2.75, 3.05) is 14.2 Å². The summed E-state index contributed by atoms with van der Waals surface area (Å²) in [5, 5.41) is 4.00. The fraction of sp³-hybridized carbons (Fsp3) is 0.150. The molecule has 2 aromatic heterocycles. The highest BCUT2D eigenvalue weighted by Crippen LogP contribution is 2.41. The van der Waals surface area contributed by atoms with Crippen LogP contribution in [-0.2, 0) is 0 Å². The summed E-state index contributed by atoms with van der Waals surface area (Å²) < 4.78 is 16.9. The van der Waals surface area contributed by atoms with Crippen LogP contribution in [0.2, 0.25) is 0 Å². The molecule has 126 valence electrons. The van der Waals surface area contributed by atoms with Crippen molar-refractivity contribution in [3.05, 3.63) is 53.4 Å². The summed E-state index contributed by atoms with van der Waals surface area (Å²) in [6, 6.07) is 13.8. The van der Waals surface area contributed by atoms with Gasteiger partial charge >= 0.3 is 0 Å². The fourth-order valence-corrected chi connectivity index (χ4v) is 3.80. The Kier molecular flexibility index (Phi) is 3.93. The third kappa shape index (κ3) is 2.57. The zero-order valence-corrected chi connectivity index (χ0v) is 15.0. The Labute approximate surface area is 149 Å². The first-order valence-electron chi connectivity index (χ1n) is 7.88. The van der Waals surface area contributed by atoms with Crippen LogP contribution >= 0.6 is 11.3 Å². The van der Waals surface area contributed by atoms with E-state index in [1.165, 1.54) is 0 Å². The summed E-state index contributed by atoms with van der Waals surface area (Å²) in [4.78, 5) is 4.78. The first-order chi connectivity index (χ1) is 12.2. The van der Waals surface area contributed by atoms with E-state index in [9.17, 15) is 0 Å². The molecule has 0 saturated heterocycles. The van der Waals surface area contributed by atoms with E-state index < -0.39 is 0 Å². The lowest BCUT2D eigenvalue weighted by atomic mass is 10.1. The number of hydrogen-bond acceptors (Lipinski definition) is 5. The van der Waals surface area contributed by atoms with E-state index in [-0.39, 0.29) is 0 Å². The van der Waals surface area contributed by atoms with Gasteiger partial charge in [0, 0.05) is 16.3 Å². The molecular weight excluding hydrogens is 334 g/mol. The van der Waals surface area contributed by atoms with Gasteiger partial charge < -0.3 is 13.9 Å². The molecule has 4 aromatic rings. The molecule has 0 radical (unpaired) electrons.